The van der Waals surface area contributed by atoms with Crippen molar-refractivity contribution in [3.63, 3.8) is 0 Å². The van der Waals surface area contributed by atoms with Crippen LogP contribution in [0, 0.1) is 6.92 Å². The van der Waals surface area contributed by atoms with E-state index in [4.69, 9.17) is 5.73 Å². The summed E-state index contributed by atoms with van der Waals surface area (Å²) in [5.41, 5.74) is 8.31. The molecule has 0 spiro atoms. The van der Waals surface area contributed by atoms with Gasteiger partial charge in [0.2, 0.25) is 0 Å². The van der Waals surface area contributed by atoms with E-state index in [-0.39, 0.29) is 0 Å². The van der Waals surface area contributed by atoms with Gasteiger partial charge in [-0.25, -0.2) is 4.98 Å². The summed E-state index contributed by atoms with van der Waals surface area (Å²) in [4.78, 5) is 5.72. The molecule has 0 bridgehead atoms. The van der Waals surface area contributed by atoms with Crippen molar-refractivity contribution in [2.75, 3.05) is 17.2 Å². The summed E-state index contributed by atoms with van der Waals surface area (Å²) >= 11 is 5.46. The van der Waals surface area contributed by atoms with Crippen LogP contribution < -0.4 is 5.73 Å². The second-order valence-corrected chi connectivity index (χ2v) is 7.66. The molecule has 1 aromatic heterocycles. The molecule has 2 nitrogen and oxygen atoms in total. The monoisotopic (exact) mass is 294 g/mol. The minimum absolute atomic E-state index is 0.652. The first-order chi connectivity index (χ1) is 8.74. The Morgan fingerprint density at radius 2 is 2.28 bits per heavy atom. The lowest BCUT2D eigenvalue weighted by Crippen LogP contribution is -1.99. The smallest absolute Gasteiger partial charge is 0.181 e. The number of nitrogen functional groups attached to an aromatic ring is 1. The fourth-order valence-electron chi connectivity index (χ4n) is 2.08. The van der Waals surface area contributed by atoms with Gasteiger partial charge in [-0.1, -0.05) is 29.5 Å². The lowest BCUT2D eigenvalue weighted by atomic mass is 10.0. The van der Waals surface area contributed by atoms with Crippen molar-refractivity contribution in [3.8, 4) is 0 Å². The van der Waals surface area contributed by atoms with Crippen LogP contribution in [-0.2, 0) is 0 Å². The molecule has 2 N–H and O–H groups in total. The third-order valence-corrected chi connectivity index (χ3v) is 6.75. The van der Waals surface area contributed by atoms with Crippen molar-refractivity contribution >= 4 is 40.0 Å². The standard InChI is InChI=1S/C13H14N2S3/c1-8-12(18-13(14)15-8)17-7-9-6-16-11-5-3-2-4-10(9)11/h2-5,9H,6-7H2,1H3,(H2,14,15). The Morgan fingerprint density at radius 1 is 1.44 bits per heavy atom. The average Bonchev–Trinajstić information content (AvgIpc) is 2.90. The molecule has 3 rings (SSSR count). The van der Waals surface area contributed by atoms with Crippen LogP contribution in [0.4, 0.5) is 5.13 Å². The normalized spacial score (nSPS) is 17.9. The van der Waals surface area contributed by atoms with E-state index in [1.54, 1.807) is 11.3 Å². The number of thiazole rings is 1. The Labute approximate surface area is 119 Å². The fourth-order valence-corrected chi connectivity index (χ4v) is 5.65. The maximum Gasteiger partial charge on any atom is 0.181 e. The number of hydrogen-bond acceptors (Lipinski definition) is 5. The van der Waals surface area contributed by atoms with E-state index in [0.717, 1.165) is 11.4 Å². The molecule has 1 atom stereocenters. The molecule has 1 aliphatic rings. The first-order valence-corrected chi connectivity index (χ1v) is 8.60. The molecular formula is C13H14N2S3. The number of thioether (sulfide) groups is 2. The molecule has 18 heavy (non-hydrogen) atoms. The van der Waals surface area contributed by atoms with E-state index < -0.39 is 0 Å². The molecule has 0 saturated heterocycles. The second-order valence-electron chi connectivity index (χ2n) is 4.28. The SMILES string of the molecule is Cc1nc(N)sc1SCC1CSc2ccccc21. The van der Waals surface area contributed by atoms with Gasteiger partial charge < -0.3 is 5.73 Å². The highest BCUT2D eigenvalue weighted by atomic mass is 32.2. The predicted molar refractivity (Wildman–Crippen MR) is 81.9 cm³/mol. The summed E-state index contributed by atoms with van der Waals surface area (Å²) in [5, 5.41) is 0.677. The first kappa shape index (κ1) is 12.4. The number of nitrogens with two attached hydrogens (primary N) is 1. The summed E-state index contributed by atoms with van der Waals surface area (Å²) in [6.07, 6.45) is 0. The van der Waals surface area contributed by atoms with Gasteiger partial charge in [0.05, 0.1) is 9.90 Å². The lowest BCUT2D eigenvalue weighted by molar-refractivity contribution is 0.896. The topological polar surface area (TPSA) is 38.9 Å². The van der Waals surface area contributed by atoms with E-state index in [1.807, 2.05) is 30.4 Å². The van der Waals surface area contributed by atoms with E-state index >= 15 is 0 Å². The number of benzene rings is 1. The number of rotatable bonds is 3. The van der Waals surface area contributed by atoms with Crippen molar-refractivity contribution in [3.05, 3.63) is 35.5 Å². The van der Waals surface area contributed by atoms with Crippen molar-refractivity contribution in [1.29, 1.82) is 0 Å². The van der Waals surface area contributed by atoms with Crippen LogP contribution in [0.2, 0.25) is 0 Å². The summed E-state index contributed by atoms with van der Waals surface area (Å²) in [7, 11) is 0. The minimum Gasteiger partial charge on any atom is -0.375 e. The minimum atomic E-state index is 0.652. The van der Waals surface area contributed by atoms with Gasteiger partial charge in [-0.05, 0) is 18.6 Å². The summed E-state index contributed by atoms with van der Waals surface area (Å²) < 4.78 is 1.27. The van der Waals surface area contributed by atoms with Gasteiger partial charge in [-0.2, -0.15) is 0 Å². The van der Waals surface area contributed by atoms with Crippen molar-refractivity contribution < 1.29 is 0 Å². The maximum absolute atomic E-state index is 5.73. The van der Waals surface area contributed by atoms with Gasteiger partial charge in [0.25, 0.3) is 0 Å². The van der Waals surface area contributed by atoms with Crippen LogP contribution in [0.25, 0.3) is 0 Å². The van der Waals surface area contributed by atoms with E-state index in [2.05, 4.69) is 29.2 Å². The summed E-state index contributed by atoms with van der Waals surface area (Å²) in [6, 6.07) is 8.74. The molecule has 1 aliphatic heterocycles. The molecule has 5 heteroatoms. The number of hydrogen-bond donors (Lipinski definition) is 1. The quantitative estimate of drug-likeness (QED) is 0.868. The van der Waals surface area contributed by atoms with E-state index in [0.29, 0.717) is 11.0 Å². The van der Waals surface area contributed by atoms with Gasteiger partial charge in [-0.15, -0.1) is 23.5 Å². The maximum atomic E-state index is 5.73. The zero-order chi connectivity index (χ0) is 12.5. The van der Waals surface area contributed by atoms with Gasteiger partial charge in [-0.3, -0.25) is 0 Å². The van der Waals surface area contributed by atoms with E-state index in [9.17, 15) is 0 Å². The fraction of sp³-hybridized carbons (Fsp3) is 0.308. The van der Waals surface area contributed by atoms with Crippen LogP contribution in [0.3, 0.4) is 0 Å². The van der Waals surface area contributed by atoms with Crippen LogP contribution in [0.15, 0.2) is 33.4 Å². The first-order valence-electron chi connectivity index (χ1n) is 5.81. The van der Waals surface area contributed by atoms with E-state index in [1.165, 1.54) is 20.4 Å². The largest absolute Gasteiger partial charge is 0.375 e. The number of anilines is 1. The van der Waals surface area contributed by atoms with Crippen molar-refractivity contribution in [1.82, 2.24) is 4.98 Å². The van der Waals surface area contributed by atoms with Gasteiger partial charge >= 0.3 is 0 Å². The van der Waals surface area contributed by atoms with Gasteiger partial charge in [0, 0.05) is 22.3 Å². The Balaban J connectivity index is 1.70. The molecule has 2 aromatic rings. The second kappa shape index (κ2) is 5.15. The zero-order valence-electron chi connectivity index (χ0n) is 10.1. The summed E-state index contributed by atoms with van der Waals surface area (Å²) in [5.74, 6) is 2.96. The zero-order valence-corrected chi connectivity index (χ0v) is 12.5. The Kier molecular flexibility index (Phi) is 3.54. The molecule has 0 saturated carbocycles. The van der Waals surface area contributed by atoms with Crippen molar-refractivity contribution in [2.45, 2.75) is 21.9 Å². The van der Waals surface area contributed by atoms with Gasteiger partial charge in [0.1, 0.15) is 0 Å². The third-order valence-electron chi connectivity index (χ3n) is 2.99. The van der Waals surface area contributed by atoms with Crippen LogP contribution in [0.5, 0.6) is 0 Å². The molecule has 0 radical (unpaired) electrons. The number of nitrogens with zero attached hydrogens (tertiary/aromatic N) is 1. The molecule has 1 unspecified atom stereocenters. The molecule has 1 aromatic carbocycles. The molecule has 0 aliphatic carbocycles. The van der Waals surface area contributed by atoms with Gasteiger partial charge in [0.15, 0.2) is 5.13 Å². The predicted octanol–water partition coefficient (Wildman–Crippen LogP) is 4.02. The van der Waals surface area contributed by atoms with Crippen LogP contribution in [0.1, 0.15) is 17.2 Å². The highest BCUT2D eigenvalue weighted by Crippen LogP contribution is 2.42. The van der Waals surface area contributed by atoms with Crippen LogP contribution in [-0.4, -0.2) is 16.5 Å². The molecule has 2 heterocycles. The third kappa shape index (κ3) is 2.39. The molecule has 0 amide bonds. The molecule has 94 valence electrons. The summed E-state index contributed by atoms with van der Waals surface area (Å²) in [6.45, 7) is 2.03. The molecule has 0 fully saturated rings. The number of fused-ring (bicyclic) bond motifs is 1. The number of aromatic nitrogens is 1. The lowest BCUT2D eigenvalue weighted by Gasteiger charge is -2.09. The highest BCUT2D eigenvalue weighted by molar-refractivity contribution is 8.01. The Hall–Kier alpha value is -0.650. The Bertz CT molecular complexity index is 565. The number of aryl methyl sites for hydroxylation is 1. The Morgan fingerprint density at radius 3 is 3.06 bits per heavy atom. The van der Waals surface area contributed by atoms with Crippen LogP contribution >= 0.6 is 34.9 Å². The van der Waals surface area contributed by atoms with Crippen molar-refractivity contribution in [2.24, 2.45) is 0 Å². The highest BCUT2D eigenvalue weighted by Gasteiger charge is 2.23. The molecular weight excluding hydrogens is 280 g/mol. The average molecular weight is 294 g/mol.